The number of hydrogen-bond donors (Lipinski definition) is 2. The molecule has 22 heavy (non-hydrogen) atoms. The normalized spacial score (nSPS) is 10.4. The molecule has 0 aliphatic rings. The summed E-state index contributed by atoms with van der Waals surface area (Å²) in [5, 5.41) is 14.4. The second kappa shape index (κ2) is 6.29. The second-order valence-corrected chi connectivity index (χ2v) is 6.32. The lowest BCUT2D eigenvalue weighted by Crippen LogP contribution is -2.11. The highest BCUT2D eigenvalue weighted by atomic mass is 79.9. The van der Waals surface area contributed by atoms with Gasteiger partial charge in [0.2, 0.25) is 0 Å². The third-order valence-corrected chi connectivity index (χ3v) is 4.28. The van der Waals surface area contributed by atoms with Crippen molar-refractivity contribution < 1.29 is 9.90 Å². The SMILES string of the molecule is O=C(Nc1nc(-c2ccc(Br)cc2)cs1)c1ccc(O)cc1. The maximum atomic E-state index is 12.1. The fraction of sp³-hybridized carbons (Fsp3) is 0. The van der Waals surface area contributed by atoms with Gasteiger partial charge >= 0.3 is 0 Å². The molecule has 0 radical (unpaired) electrons. The standard InChI is InChI=1S/C16H11BrN2O2S/c17-12-5-1-10(2-6-12)14-9-22-16(18-14)19-15(21)11-3-7-13(20)8-4-11/h1-9,20H,(H,18,19,21). The van der Waals surface area contributed by atoms with Crippen molar-refractivity contribution in [3.05, 3.63) is 63.9 Å². The van der Waals surface area contributed by atoms with Gasteiger partial charge < -0.3 is 5.11 Å². The number of hydrogen-bond acceptors (Lipinski definition) is 4. The van der Waals surface area contributed by atoms with E-state index in [1.807, 2.05) is 29.6 Å². The molecule has 0 fully saturated rings. The zero-order valence-electron chi connectivity index (χ0n) is 11.3. The average molecular weight is 375 g/mol. The third kappa shape index (κ3) is 3.35. The van der Waals surface area contributed by atoms with Crippen molar-refractivity contribution in [1.82, 2.24) is 4.98 Å². The molecule has 2 aromatic carbocycles. The third-order valence-electron chi connectivity index (χ3n) is 2.99. The zero-order chi connectivity index (χ0) is 15.5. The van der Waals surface area contributed by atoms with Crippen molar-refractivity contribution in [1.29, 1.82) is 0 Å². The number of nitrogens with zero attached hydrogens (tertiary/aromatic N) is 1. The van der Waals surface area contributed by atoms with E-state index in [1.165, 1.54) is 23.5 Å². The predicted octanol–water partition coefficient (Wildman–Crippen LogP) is 4.53. The lowest BCUT2D eigenvalue weighted by Gasteiger charge is -2.01. The van der Waals surface area contributed by atoms with Crippen LogP contribution in [0.1, 0.15) is 10.4 Å². The van der Waals surface area contributed by atoms with Gasteiger partial charge in [0.1, 0.15) is 5.75 Å². The first-order chi connectivity index (χ1) is 10.6. The first-order valence-electron chi connectivity index (χ1n) is 6.44. The molecule has 0 aliphatic carbocycles. The van der Waals surface area contributed by atoms with E-state index < -0.39 is 0 Å². The van der Waals surface area contributed by atoms with Gasteiger partial charge in [0.05, 0.1) is 5.69 Å². The monoisotopic (exact) mass is 374 g/mol. The summed E-state index contributed by atoms with van der Waals surface area (Å²) in [4.78, 5) is 16.5. The Kier molecular flexibility index (Phi) is 4.22. The van der Waals surface area contributed by atoms with Gasteiger partial charge in [-0.2, -0.15) is 0 Å². The summed E-state index contributed by atoms with van der Waals surface area (Å²) < 4.78 is 1.01. The molecule has 0 atom stereocenters. The van der Waals surface area contributed by atoms with E-state index in [0.29, 0.717) is 10.7 Å². The number of anilines is 1. The van der Waals surface area contributed by atoms with Gasteiger partial charge in [-0.15, -0.1) is 11.3 Å². The molecule has 3 aromatic rings. The number of aromatic hydroxyl groups is 1. The van der Waals surface area contributed by atoms with Crippen LogP contribution in [0.15, 0.2) is 58.4 Å². The van der Waals surface area contributed by atoms with Crippen LogP contribution in [-0.4, -0.2) is 16.0 Å². The predicted molar refractivity (Wildman–Crippen MR) is 91.3 cm³/mol. The van der Waals surface area contributed by atoms with Crippen LogP contribution in [0.25, 0.3) is 11.3 Å². The number of halogens is 1. The number of aromatic nitrogens is 1. The maximum Gasteiger partial charge on any atom is 0.257 e. The Morgan fingerprint density at radius 2 is 1.77 bits per heavy atom. The van der Waals surface area contributed by atoms with Gasteiger partial charge in [-0.05, 0) is 36.4 Å². The molecule has 1 heterocycles. The highest BCUT2D eigenvalue weighted by molar-refractivity contribution is 9.10. The number of amides is 1. The number of carbonyl (C=O) groups excluding carboxylic acids is 1. The zero-order valence-corrected chi connectivity index (χ0v) is 13.7. The Morgan fingerprint density at radius 1 is 1.09 bits per heavy atom. The molecule has 0 saturated carbocycles. The van der Waals surface area contributed by atoms with E-state index in [-0.39, 0.29) is 11.7 Å². The van der Waals surface area contributed by atoms with Crippen LogP contribution in [-0.2, 0) is 0 Å². The molecule has 110 valence electrons. The van der Waals surface area contributed by atoms with Gasteiger partial charge in [-0.3, -0.25) is 10.1 Å². The summed E-state index contributed by atoms with van der Waals surface area (Å²) in [6.45, 7) is 0. The van der Waals surface area contributed by atoms with Crippen molar-refractivity contribution in [2.75, 3.05) is 5.32 Å². The lowest BCUT2D eigenvalue weighted by molar-refractivity contribution is 0.102. The molecule has 1 aromatic heterocycles. The summed E-state index contributed by atoms with van der Waals surface area (Å²) in [5.74, 6) is -0.125. The highest BCUT2D eigenvalue weighted by Gasteiger charge is 2.10. The van der Waals surface area contributed by atoms with E-state index >= 15 is 0 Å². The topological polar surface area (TPSA) is 62.2 Å². The summed E-state index contributed by atoms with van der Waals surface area (Å²) >= 11 is 4.76. The Bertz CT molecular complexity index is 798. The van der Waals surface area contributed by atoms with Crippen molar-refractivity contribution in [2.24, 2.45) is 0 Å². The van der Waals surface area contributed by atoms with Crippen LogP contribution in [0.2, 0.25) is 0 Å². The van der Waals surface area contributed by atoms with Gasteiger partial charge in [-0.1, -0.05) is 28.1 Å². The summed E-state index contributed by atoms with van der Waals surface area (Å²) in [5.41, 5.74) is 2.28. The molecule has 0 aliphatic heterocycles. The van der Waals surface area contributed by atoms with Crippen LogP contribution < -0.4 is 5.32 Å². The first-order valence-corrected chi connectivity index (χ1v) is 8.11. The van der Waals surface area contributed by atoms with Gasteiger partial charge in [-0.25, -0.2) is 4.98 Å². The van der Waals surface area contributed by atoms with Crippen molar-refractivity contribution in [3.63, 3.8) is 0 Å². The van der Waals surface area contributed by atoms with Gasteiger partial charge in [0.15, 0.2) is 5.13 Å². The smallest absolute Gasteiger partial charge is 0.257 e. The average Bonchev–Trinajstić information content (AvgIpc) is 2.97. The lowest BCUT2D eigenvalue weighted by atomic mass is 10.2. The summed E-state index contributed by atoms with van der Waals surface area (Å²) in [7, 11) is 0. The number of benzene rings is 2. The number of rotatable bonds is 3. The first kappa shape index (κ1) is 14.7. The molecule has 0 unspecified atom stereocenters. The maximum absolute atomic E-state index is 12.1. The Balaban J connectivity index is 1.75. The summed E-state index contributed by atoms with van der Waals surface area (Å²) in [6.07, 6.45) is 0. The summed E-state index contributed by atoms with van der Waals surface area (Å²) in [6, 6.07) is 13.9. The number of phenols is 1. The molecular formula is C16H11BrN2O2S. The van der Waals surface area contributed by atoms with E-state index in [2.05, 4.69) is 26.2 Å². The minimum absolute atomic E-state index is 0.128. The minimum Gasteiger partial charge on any atom is -0.508 e. The quantitative estimate of drug-likeness (QED) is 0.707. The van der Waals surface area contributed by atoms with E-state index in [1.54, 1.807) is 12.1 Å². The van der Waals surface area contributed by atoms with Crippen LogP contribution in [0.5, 0.6) is 5.75 Å². The molecule has 1 amide bonds. The van der Waals surface area contributed by atoms with Gasteiger partial charge in [0, 0.05) is 21.0 Å². The molecule has 0 saturated heterocycles. The highest BCUT2D eigenvalue weighted by Crippen LogP contribution is 2.26. The Morgan fingerprint density at radius 3 is 2.45 bits per heavy atom. The fourth-order valence-electron chi connectivity index (χ4n) is 1.87. The van der Waals surface area contributed by atoms with E-state index in [4.69, 9.17) is 0 Å². The molecule has 3 rings (SSSR count). The molecular weight excluding hydrogens is 364 g/mol. The Labute approximate surface area is 139 Å². The molecule has 0 spiro atoms. The van der Waals surface area contributed by atoms with Crippen LogP contribution in [0, 0.1) is 0 Å². The van der Waals surface area contributed by atoms with Crippen LogP contribution >= 0.6 is 27.3 Å². The Hall–Kier alpha value is -2.18. The second-order valence-electron chi connectivity index (χ2n) is 4.55. The van der Waals surface area contributed by atoms with Crippen LogP contribution in [0.4, 0.5) is 5.13 Å². The molecule has 6 heteroatoms. The molecule has 2 N–H and O–H groups in total. The van der Waals surface area contributed by atoms with Crippen molar-refractivity contribution >= 4 is 38.3 Å². The largest absolute Gasteiger partial charge is 0.508 e. The van der Waals surface area contributed by atoms with E-state index in [9.17, 15) is 9.90 Å². The fourth-order valence-corrected chi connectivity index (χ4v) is 2.85. The number of nitrogens with one attached hydrogen (secondary N) is 1. The number of thiazole rings is 1. The number of carbonyl (C=O) groups is 1. The van der Waals surface area contributed by atoms with Gasteiger partial charge in [0.25, 0.3) is 5.91 Å². The molecule has 0 bridgehead atoms. The van der Waals surface area contributed by atoms with Crippen molar-refractivity contribution in [2.45, 2.75) is 0 Å². The minimum atomic E-state index is -0.253. The van der Waals surface area contributed by atoms with E-state index in [0.717, 1.165) is 15.7 Å². The van der Waals surface area contributed by atoms with Crippen LogP contribution in [0.3, 0.4) is 0 Å². The number of phenolic OH excluding ortho intramolecular Hbond substituents is 1. The molecule has 4 nitrogen and oxygen atoms in total. The van der Waals surface area contributed by atoms with Crippen molar-refractivity contribution in [3.8, 4) is 17.0 Å².